The van der Waals surface area contributed by atoms with E-state index in [1.165, 1.54) is 4.88 Å². The summed E-state index contributed by atoms with van der Waals surface area (Å²) in [6.07, 6.45) is 4.29. The van der Waals surface area contributed by atoms with E-state index in [1.807, 2.05) is 35.0 Å². The van der Waals surface area contributed by atoms with Crippen LogP contribution in [0.5, 0.6) is 0 Å². The molecule has 0 radical (unpaired) electrons. The molecular weight excluding hydrogens is 334 g/mol. The average molecular weight is 358 g/mol. The predicted molar refractivity (Wildman–Crippen MR) is 98.3 cm³/mol. The maximum absolute atomic E-state index is 12.1. The number of hydrogen-bond donors (Lipinski definition) is 3. The Labute approximate surface area is 151 Å². The van der Waals surface area contributed by atoms with Crippen molar-refractivity contribution in [3.8, 4) is 0 Å². The third kappa shape index (κ3) is 5.14. The lowest BCUT2D eigenvalue weighted by Gasteiger charge is -2.15. The summed E-state index contributed by atoms with van der Waals surface area (Å²) in [5.41, 5.74) is 1.15. The van der Waals surface area contributed by atoms with Crippen molar-refractivity contribution >= 4 is 23.3 Å². The number of benzene rings is 1. The van der Waals surface area contributed by atoms with Gasteiger partial charge in [-0.3, -0.25) is 10.1 Å². The summed E-state index contributed by atoms with van der Waals surface area (Å²) >= 11 is 1.67. The molecule has 0 spiro atoms. The van der Waals surface area contributed by atoms with Crippen molar-refractivity contribution in [2.45, 2.75) is 37.8 Å². The Morgan fingerprint density at radius 1 is 1.12 bits per heavy atom. The van der Waals surface area contributed by atoms with E-state index in [-0.39, 0.29) is 30.6 Å². The fraction of sp³-hybridized carbons (Fsp3) is 0.368. The number of nitrogens with one attached hydrogen (secondary N) is 2. The fourth-order valence-corrected chi connectivity index (χ4v) is 4.09. The van der Waals surface area contributed by atoms with Gasteiger partial charge in [-0.2, -0.15) is 0 Å². The van der Waals surface area contributed by atoms with Gasteiger partial charge in [0.25, 0.3) is 5.91 Å². The Kier molecular flexibility index (Phi) is 6.19. The SMILES string of the molecule is O=C(C[NH2+][C@H](c1ccccc1)c1cccs1)NC(=O)NC1CCCC1. The molecular formula is C19H24N3O2S+. The summed E-state index contributed by atoms with van der Waals surface area (Å²) in [6, 6.07) is 14.1. The first-order valence-electron chi connectivity index (χ1n) is 8.74. The lowest BCUT2D eigenvalue weighted by Crippen LogP contribution is -2.87. The standard InChI is InChI=1S/C19H23N3O2S/c23-17(22-19(24)21-15-9-4-5-10-15)13-20-18(16-11-6-12-25-16)14-7-2-1-3-8-14/h1-3,6-8,11-12,15,18,20H,4-5,9-10,13H2,(H2,21,22,23,24)/p+1/t18-/m1/s1. The summed E-state index contributed by atoms with van der Waals surface area (Å²) in [5.74, 6) is -0.270. The predicted octanol–water partition coefficient (Wildman–Crippen LogP) is 2.17. The van der Waals surface area contributed by atoms with Crippen LogP contribution < -0.4 is 16.0 Å². The van der Waals surface area contributed by atoms with E-state index in [2.05, 4.69) is 28.8 Å². The lowest BCUT2D eigenvalue weighted by molar-refractivity contribution is -0.676. The second-order valence-corrected chi connectivity index (χ2v) is 7.33. The van der Waals surface area contributed by atoms with Gasteiger partial charge in [0, 0.05) is 11.6 Å². The van der Waals surface area contributed by atoms with Crippen molar-refractivity contribution in [2.75, 3.05) is 6.54 Å². The highest BCUT2D eigenvalue weighted by Crippen LogP contribution is 2.22. The number of thiophene rings is 1. The largest absolute Gasteiger partial charge is 0.335 e. The third-order valence-corrected chi connectivity index (χ3v) is 5.45. The molecule has 2 aromatic rings. The smallest absolute Gasteiger partial charge is 0.321 e. The highest BCUT2D eigenvalue weighted by molar-refractivity contribution is 7.10. The first-order chi connectivity index (χ1) is 12.2. The average Bonchev–Trinajstić information content (AvgIpc) is 3.30. The molecule has 1 aromatic heterocycles. The van der Waals surface area contributed by atoms with Crippen LogP contribution in [0.1, 0.15) is 42.2 Å². The first-order valence-corrected chi connectivity index (χ1v) is 9.62. The van der Waals surface area contributed by atoms with Crippen LogP contribution in [-0.4, -0.2) is 24.5 Å². The highest BCUT2D eigenvalue weighted by atomic mass is 32.1. The van der Waals surface area contributed by atoms with E-state index in [0.29, 0.717) is 0 Å². The second kappa shape index (κ2) is 8.78. The molecule has 0 bridgehead atoms. The van der Waals surface area contributed by atoms with Gasteiger partial charge in [-0.15, -0.1) is 11.3 Å². The molecule has 0 unspecified atom stereocenters. The number of imide groups is 1. The van der Waals surface area contributed by atoms with Crippen molar-refractivity contribution in [3.63, 3.8) is 0 Å². The van der Waals surface area contributed by atoms with E-state index in [0.717, 1.165) is 31.2 Å². The number of nitrogens with two attached hydrogens (primary N) is 1. The summed E-state index contributed by atoms with van der Waals surface area (Å²) in [4.78, 5) is 25.2. The minimum Gasteiger partial charge on any atom is -0.335 e. The van der Waals surface area contributed by atoms with Gasteiger partial charge in [-0.1, -0.05) is 49.2 Å². The molecule has 4 N–H and O–H groups in total. The van der Waals surface area contributed by atoms with E-state index in [1.54, 1.807) is 11.3 Å². The van der Waals surface area contributed by atoms with Crippen molar-refractivity contribution in [1.82, 2.24) is 10.6 Å². The van der Waals surface area contributed by atoms with Gasteiger partial charge in [0.05, 0.1) is 4.88 Å². The minimum absolute atomic E-state index is 0.0600. The van der Waals surface area contributed by atoms with Gasteiger partial charge in [-0.05, 0) is 24.3 Å². The molecule has 1 aromatic carbocycles. The summed E-state index contributed by atoms with van der Waals surface area (Å²) in [5, 5.41) is 9.32. The summed E-state index contributed by atoms with van der Waals surface area (Å²) in [7, 11) is 0. The molecule has 0 aliphatic heterocycles. The molecule has 6 heteroatoms. The zero-order valence-electron chi connectivity index (χ0n) is 14.1. The molecule has 1 saturated carbocycles. The number of hydrogen-bond acceptors (Lipinski definition) is 3. The molecule has 1 aliphatic rings. The van der Waals surface area contributed by atoms with Crippen molar-refractivity contribution < 1.29 is 14.9 Å². The zero-order valence-corrected chi connectivity index (χ0v) is 14.9. The van der Waals surface area contributed by atoms with Crippen LogP contribution in [0.2, 0.25) is 0 Å². The van der Waals surface area contributed by atoms with E-state index < -0.39 is 0 Å². The third-order valence-electron chi connectivity index (χ3n) is 4.49. The van der Waals surface area contributed by atoms with Crippen molar-refractivity contribution in [2.24, 2.45) is 0 Å². The van der Waals surface area contributed by atoms with Gasteiger partial charge in [0.15, 0.2) is 6.54 Å². The summed E-state index contributed by atoms with van der Waals surface area (Å²) < 4.78 is 0. The molecule has 132 valence electrons. The lowest BCUT2D eigenvalue weighted by atomic mass is 10.1. The van der Waals surface area contributed by atoms with Gasteiger partial charge in [0.1, 0.15) is 6.04 Å². The van der Waals surface area contributed by atoms with Gasteiger partial charge in [0.2, 0.25) is 0 Å². The van der Waals surface area contributed by atoms with Crippen LogP contribution in [0.25, 0.3) is 0 Å². The number of amides is 3. The molecule has 3 rings (SSSR count). The van der Waals surface area contributed by atoms with Crippen LogP contribution >= 0.6 is 11.3 Å². The summed E-state index contributed by atoms with van der Waals surface area (Å²) in [6.45, 7) is 0.204. The van der Waals surface area contributed by atoms with Crippen molar-refractivity contribution in [3.05, 3.63) is 58.3 Å². The number of carbonyl (C=O) groups excluding carboxylic acids is 2. The Balaban J connectivity index is 1.54. The van der Waals surface area contributed by atoms with Crippen LogP contribution in [0, 0.1) is 0 Å². The maximum atomic E-state index is 12.1. The van der Waals surface area contributed by atoms with E-state index in [9.17, 15) is 9.59 Å². The molecule has 3 amide bonds. The highest BCUT2D eigenvalue weighted by Gasteiger charge is 2.22. The Morgan fingerprint density at radius 3 is 2.56 bits per heavy atom. The molecule has 1 atom stereocenters. The molecule has 25 heavy (non-hydrogen) atoms. The van der Waals surface area contributed by atoms with Crippen molar-refractivity contribution in [1.29, 1.82) is 0 Å². The van der Waals surface area contributed by atoms with Crippen LogP contribution in [-0.2, 0) is 4.79 Å². The van der Waals surface area contributed by atoms with Gasteiger partial charge >= 0.3 is 6.03 Å². The minimum atomic E-state index is -0.377. The zero-order chi connectivity index (χ0) is 17.5. The molecule has 1 fully saturated rings. The molecule has 5 nitrogen and oxygen atoms in total. The fourth-order valence-electron chi connectivity index (χ4n) is 3.24. The number of urea groups is 1. The molecule has 1 heterocycles. The van der Waals surface area contributed by atoms with Crippen LogP contribution in [0.4, 0.5) is 4.79 Å². The Hall–Kier alpha value is -2.18. The van der Waals surface area contributed by atoms with Crippen LogP contribution in [0.3, 0.4) is 0 Å². The van der Waals surface area contributed by atoms with Crippen LogP contribution in [0.15, 0.2) is 47.8 Å². The monoisotopic (exact) mass is 358 g/mol. The number of carbonyl (C=O) groups is 2. The number of quaternary nitrogens is 1. The molecule has 1 aliphatic carbocycles. The first kappa shape index (κ1) is 17.6. The van der Waals surface area contributed by atoms with Gasteiger partial charge in [-0.25, -0.2) is 4.79 Å². The normalized spacial score (nSPS) is 15.7. The van der Waals surface area contributed by atoms with E-state index in [4.69, 9.17) is 0 Å². The maximum Gasteiger partial charge on any atom is 0.321 e. The van der Waals surface area contributed by atoms with E-state index >= 15 is 0 Å². The van der Waals surface area contributed by atoms with Gasteiger partial charge < -0.3 is 10.6 Å². The Morgan fingerprint density at radius 2 is 1.88 bits per heavy atom. The Bertz CT molecular complexity index is 682. The molecule has 0 saturated heterocycles. The topological polar surface area (TPSA) is 74.8 Å². The second-order valence-electron chi connectivity index (χ2n) is 6.35. The number of rotatable bonds is 6. The quantitative estimate of drug-likeness (QED) is 0.740.